The molecule has 1 aliphatic heterocycles. The zero-order valence-corrected chi connectivity index (χ0v) is 27.7. The van der Waals surface area contributed by atoms with Crippen LogP contribution in [0, 0.1) is 0 Å². The molecular formula is C33H36N8O5S2. The van der Waals surface area contributed by atoms with Gasteiger partial charge >= 0.3 is 0 Å². The highest BCUT2D eigenvalue weighted by Crippen LogP contribution is 2.33. The van der Waals surface area contributed by atoms with Crippen molar-refractivity contribution in [3.05, 3.63) is 113 Å². The number of nitrogens with zero attached hydrogens (tertiary/aromatic N) is 4. The molecule has 2 amide bonds. The van der Waals surface area contributed by atoms with E-state index in [1.165, 1.54) is 11.8 Å². The van der Waals surface area contributed by atoms with Gasteiger partial charge in [-0.2, -0.15) is 0 Å². The van der Waals surface area contributed by atoms with Gasteiger partial charge in [-0.05, 0) is 67.5 Å². The number of hydrogen-bond donors (Lipinski definition) is 5. The molecule has 3 aromatic heterocycles. The molecule has 0 bridgehead atoms. The van der Waals surface area contributed by atoms with Gasteiger partial charge in [0.15, 0.2) is 10.6 Å². The summed E-state index contributed by atoms with van der Waals surface area (Å²) < 4.78 is 11.1. The quantitative estimate of drug-likeness (QED) is 0.0863. The SMILES string of the molecule is C=CCC(Sc1nnc(Cc2ccoc2)[nH]1)C(=O)NC1=CC=C(C2=C[C@H](c3nnc(CSC(O)C(=O)NC4=CC=CCC4)[nH]3)CO2)CC1. The lowest BCUT2D eigenvalue weighted by atomic mass is 9.99. The Morgan fingerprint density at radius 3 is 2.69 bits per heavy atom. The first-order valence-electron chi connectivity index (χ1n) is 15.6. The van der Waals surface area contributed by atoms with Crippen LogP contribution in [0.5, 0.6) is 0 Å². The maximum Gasteiger partial charge on any atom is 0.263 e. The van der Waals surface area contributed by atoms with E-state index < -0.39 is 16.6 Å². The third kappa shape index (κ3) is 8.85. The molecule has 3 aliphatic rings. The molecule has 0 saturated heterocycles. The average molecular weight is 689 g/mol. The molecule has 4 heterocycles. The number of hydrogen-bond acceptors (Lipinski definition) is 11. The van der Waals surface area contributed by atoms with Crippen LogP contribution >= 0.6 is 23.5 Å². The van der Waals surface area contributed by atoms with Crippen molar-refractivity contribution in [2.24, 2.45) is 0 Å². The molecule has 48 heavy (non-hydrogen) atoms. The number of H-pyrrole nitrogens is 2. The first-order valence-corrected chi connectivity index (χ1v) is 17.5. The van der Waals surface area contributed by atoms with Crippen molar-refractivity contribution >= 4 is 35.3 Å². The molecule has 15 heteroatoms. The molecule has 0 saturated carbocycles. The predicted octanol–water partition coefficient (Wildman–Crippen LogP) is 4.46. The van der Waals surface area contributed by atoms with Crippen LogP contribution in [0.2, 0.25) is 0 Å². The van der Waals surface area contributed by atoms with Crippen molar-refractivity contribution in [2.45, 2.75) is 66.0 Å². The number of aromatic nitrogens is 6. The van der Waals surface area contributed by atoms with Gasteiger partial charge in [-0.1, -0.05) is 36.1 Å². The van der Waals surface area contributed by atoms with Crippen LogP contribution in [-0.4, -0.2) is 64.6 Å². The lowest BCUT2D eigenvalue weighted by Gasteiger charge is -2.19. The number of aliphatic hydroxyl groups is 1. The topological polar surface area (TPSA) is 184 Å². The number of aliphatic hydroxyl groups excluding tert-OH is 1. The maximum absolute atomic E-state index is 13.2. The molecule has 3 atom stereocenters. The highest BCUT2D eigenvalue weighted by atomic mass is 32.2. The first kappa shape index (κ1) is 33.3. The molecule has 0 aromatic carbocycles. The summed E-state index contributed by atoms with van der Waals surface area (Å²) in [6, 6.07) is 1.87. The highest BCUT2D eigenvalue weighted by Gasteiger charge is 2.27. The van der Waals surface area contributed by atoms with E-state index in [4.69, 9.17) is 9.15 Å². The van der Waals surface area contributed by atoms with Crippen LogP contribution < -0.4 is 10.6 Å². The van der Waals surface area contributed by atoms with Crippen LogP contribution in [-0.2, 0) is 26.5 Å². The van der Waals surface area contributed by atoms with Gasteiger partial charge in [0.2, 0.25) is 5.91 Å². The van der Waals surface area contributed by atoms with Gasteiger partial charge < -0.3 is 34.9 Å². The second-order valence-corrected chi connectivity index (χ2v) is 13.6. The third-order valence-corrected chi connectivity index (χ3v) is 9.78. The number of carbonyl (C=O) groups excluding carboxylic acids is 2. The predicted molar refractivity (Wildman–Crippen MR) is 181 cm³/mol. The van der Waals surface area contributed by atoms with Gasteiger partial charge in [0.25, 0.3) is 5.91 Å². The van der Waals surface area contributed by atoms with Gasteiger partial charge in [-0.15, -0.1) is 38.7 Å². The van der Waals surface area contributed by atoms with Crippen LogP contribution in [0.15, 0.2) is 100 Å². The zero-order valence-electron chi connectivity index (χ0n) is 26.1. The summed E-state index contributed by atoms with van der Waals surface area (Å²) in [6.45, 7) is 4.24. The van der Waals surface area contributed by atoms with Crippen molar-refractivity contribution < 1.29 is 23.8 Å². The molecule has 250 valence electrons. The molecular weight excluding hydrogens is 653 g/mol. The molecule has 13 nitrogen and oxygen atoms in total. The molecule has 2 aliphatic carbocycles. The Morgan fingerprint density at radius 1 is 1.06 bits per heavy atom. The number of allylic oxidation sites excluding steroid dienone is 9. The second-order valence-electron chi connectivity index (χ2n) is 11.3. The Morgan fingerprint density at radius 2 is 1.92 bits per heavy atom. The number of ether oxygens (including phenoxy) is 1. The summed E-state index contributed by atoms with van der Waals surface area (Å²) in [6.07, 6.45) is 20.7. The summed E-state index contributed by atoms with van der Waals surface area (Å²) in [5.74, 6) is 2.31. The summed E-state index contributed by atoms with van der Waals surface area (Å²) in [7, 11) is 0. The molecule has 2 unspecified atom stereocenters. The molecule has 5 N–H and O–H groups in total. The molecule has 0 fully saturated rings. The van der Waals surface area contributed by atoms with Gasteiger partial charge in [0, 0.05) is 17.8 Å². The van der Waals surface area contributed by atoms with E-state index in [1.807, 2.05) is 42.5 Å². The number of amides is 2. The number of aromatic amines is 2. The largest absolute Gasteiger partial charge is 0.493 e. The lowest BCUT2D eigenvalue weighted by Crippen LogP contribution is -2.32. The fraction of sp³-hybridized carbons (Fsp3) is 0.333. The monoisotopic (exact) mass is 688 g/mol. The van der Waals surface area contributed by atoms with Crippen molar-refractivity contribution in [3.63, 3.8) is 0 Å². The Kier molecular flexibility index (Phi) is 11.1. The van der Waals surface area contributed by atoms with Crippen LogP contribution in [0.25, 0.3) is 0 Å². The fourth-order valence-corrected chi connectivity index (χ4v) is 6.79. The van der Waals surface area contributed by atoms with Crippen LogP contribution in [0.1, 0.15) is 61.1 Å². The van der Waals surface area contributed by atoms with Gasteiger partial charge in [-0.3, -0.25) is 9.59 Å². The summed E-state index contributed by atoms with van der Waals surface area (Å²) >= 11 is 2.39. The third-order valence-electron chi connectivity index (χ3n) is 7.71. The number of thioether (sulfide) groups is 2. The second kappa shape index (κ2) is 16.0. The normalized spacial score (nSPS) is 18.6. The zero-order chi connectivity index (χ0) is 33.3. The summed E-state index contributed by atoms with van der Waals surface area (Å²) in [4.78, 5) is 31.9. The van der Waals surface area contributed by atoms with E-state index in [-0.39, 0.29) is 11.8 Å². The molecule has 6 rings (SSSR count). The fourth-order valence-electron chi connectivity index (χ4n) is 5.20. The molecule has 0 spiro atoms. The van der Waals surface area contributed by atoms with E-state index in [1.54, 1.807) is 18.6 Å². The van der Waals surface area contributed by atoms with E-state index in [0.717, 1.165) is 52.9 Å². The summed E-state index contributed by atoms with van der Waals surface area (Å²) in [5.41, 5.74) is 2.42. The summed E-state index contributed by atoms with van der Waals surface area (Å²) in [5, 5.41) is 33.1. The molecule has 3 aromatic rings. The van der Waals surface area contributed by atoms with E-state index in [0.29, 0.717) is 60.7 Å². The number of carbonyl (C=O) groups is 2. The standard InChI is InChI=1S/C33H36N8O5S2/c1-2-6-26(48-33-37-27(38-41-33)15-20-13-14-45-17-20)30(42)34-24-11-9-21(10-12-24)25-16-22(18-46-25)29-36-28(39-40-29)19-47-32(44)31(43)35-23-7-4-3-5-8-23/h2-4,7,9,11,13-14,16-17,22,26,32,44H,1,5-6,8,10,12,15,18-19H2,(H,34,42)(H,35,43)(H,36,39,40)(H,37,38,41)/t22-,26?,32?/m0/s1. The number of nitrogens with one attached hydrogen (secondary N) is 4. The minimum atomic E-state index is -1.22. The lowest BCUT2D eigenvalue weighted by molar-refractivity contribution is -0.124. The van der Waals surface area contributed by atoms with Crippen molar-refractivity contribution in [1.29, 1.82) is 0 Å². The maximum atomic E-state index is 13.2. The molecule has 0 radical (unpaired) electrons. The Balaban J connectivity index is 0.988. The number of rotatable bonds is 15. The Bertz CT molecular complexity index is 1770. The average Bonchev–Trinajstić information content (AvgIpc) is 3.93. The smallest absolute Gasteiger partial charge is 0.263 e. The van der Waals surface area contributed by atoms with E-state index in [9.17, 15) is 14.7 Å². The van der Waals surface area contributed by atoms with Crippen LogP contribution in [0.4, 0.5) is 0 Å². The van der Waals surface area contributed by atoms with Crippen molar-refractivity contribution in [3.8, 4) is 0 Å². The highest BCUT2D eigenvalue weighted by molar-refractivity contribution is 8.00. The first-order chi connectivity index (χ1) is 23.4. The van der Waals surface area contributed by atoms with Gasteiger partial charge in [0.05, 0.1) is 29.4 Å². The van der Waals surface area contributed by atoms with Gasteiger partial charge in [0.1, 0.15) is 29.8 Å². The Labute approximate surface area is 285 Å². The Hall–Kier alpha value is -4.60. The van der Waals surface area contributed by atoms with E-state index in [2.05, 4.69) is 47.6 Å². The van der Waals surface area contributed by atoms with Crippen molar-refractivity contribution in [2.75, 3.05) is 6.61 Å². The van der Waals surface area contributed by atoms with E-state index >= 15 is 0 Å². The minimum absolute atomic E-state index is 0.107. The van der Waals surface area contributed by atoms with Crippen molar-refractivity contribution in [1.82, 2.24) is 41.0 Å². The number of furan rings is 1. The van der Waals surface area contributed by atoms with Crippen LogP contribution in [0.3, 0.4) is 0 Å². The minimum Gasteiger partial charge on any atom is -0.493 e. The van der Waals surface area contributed by atoms with Gasteiger partial charge in [-0.25, -0.2) is 0 Å².